The molecule has 0 unspecified atom stereocenters. The van der Waals surface area contributed by atoms with Crippen molar-refractivity contribution in [1.29, 1.82) is 0 Å². The maximum atomic E-state index is 14.2. The zero-order chi connectivity index (χ0) is 16.2. The molecule has 5 N–H and O–H groups in total. The van der Waals surface area contributed by atoms with Crippen LogP contribution >= 0.6 is 11.8 Å². The summed E-state index contributed by atoms with van der Waals surface area (Å²) in [6, 6.07) is 0. The van der Waals surface area contributed by atoms with Crippen molar-refractivity contribution in [3.63, 3.8) is 0 Å². The number of halogens is 2. The molecular formula is C11H13F2N5O3S. The Hall–Kier alpha value is -1.56. The number of hydrogen-bond acceptors (Lipinski definition) is 8. The van der Waals surface area contributed by atoms with Gasteiger partial charge in [-0.2, -0.15) is 23.7 Å². The maximum absolute atomic E-state index is 14.2. The molecule has 2 aromatic heterocycles. The van der Waals surface area contributed by atoms with Gasteiger partial charge in [-0.1, -0.05) is 0 Å². The van der Waals surface area contributed by atoms with E-state index in [-0.39, 0.29) is 17.0 Å². The standard InChI is InChI=1S/C11H13F2N5O3S/c1-11(21)5(20)3(2-19)22-8(11)18-7-4(15-10(18)13)6(14)16-9(12)17-7/h3,5,8,19-21H,2H2,1H3,(H2,14,16,17)/t3-,5-,8-,11-/m1/s1. The Bertz CT molecular complexity index is 740. The number of imidazole rings is 1. The Morgan fingerprint density at radius 3 is 2.64 bits per heavy atom. The molecule has 0 amide bonds. The van der Waals surface area contributed by atoms with Gasteiger partial charge in [0.15, 0.2) is 17.0 Å². The minimum atomic E-state index is -1.79. The summed E-state index contributed by atoms with van der Waals surface area (Å²) in [5.41, 5.74) is 3.33. The highest BCUT2D eigenvalue weighted by Crippen LogP contribution is 2.49. The molecule has 0 radical (unpaired) electrons. The number of hydrogen-bond donors (Lipinski definition) is 4. The second-order valence-corrected chi connectivity index (χ2v) is 6.51. The van der Waals surface area contributed by atoms with Crippen LogP contribution in [-0.4, -0.2) is 58.4 Å². The molecule has 8 nitrogen and oxygen atoms in total. The number of fused-ring (bicyclic) bond motifs is 1. The van der Waals surface area contributed by atoms with Crippen molar-refractivity contribution in [3.8, 4) is 0 Å². The summed E-state index contributed by atoms with van der Waals surface area (Å²) < 4.78 is 28.4. The van der Waals surface area contributed by atoms with Gasteiger partial charge in [-0.25, -0.2) is 0 Å². The number of aliphatic hydroxyl groups excluding tert-OH is 2. The lowest BCUT2D eigenvalue weighted by atomic mass is 9.96. The molecule has 3 rings (SSSR count). The number of nitrogens with zero attached hydrogens (tertiary/aromatic N) is 4. The first-order chi connectivity index (χ1) is 10.3. The van der Waals surface area contributed by atoms with Gasteiger partial charge in [0.25, 0.3) is 6.08 Å². The van der Waals surface area contributed by atoms with Crippen molar-refractivity contribution in [2.75, 3.05) is 12.3 Å². The molecule has 3 heterocycles. The lowest BCUT2D eigenvalue weighted by Gasteiger charge is -2.28. The van der Waals surface area contributed by atoms with Crippen LogP contribution < -0.4 is 5.73 Å². The Morgan fingerprint density at radius 2 is 2.05 bits per heavy atom. The smallest absolute Gasteiger partial charge is 0.312 e. The van der Waals surface area contributed by atoms with Gasteiger partial charge >= 0.3 is 6.08 Å². The predicted octanol–water partition coefficient (Wildman–Crippen LogP) is -0.595. The van der Waals surface area contributed by atoms with Gasteiger partial charge in [0.05, 0.1) is 18.0 Å². The molecule has 1 aliphatic rings. The van der Waals surface area contributed by atoms with Crippen LogP contribution in [0, 0.1) is 12.2 Å². The van der Waals surface area contributed by atoms with Gasteiger partial charge in [-0.05, 0) is 6.92 Å². The molecule has 0 spiro atoms. The van der Waals surface area contributed by atoms with Crippen LogP contribution in [0.5, 0.6) is 0 Å². The van der Waals surface area contributed by atoms with Gasteiger partial charge in [0, 0.05) is 0 Å². The predicted molar refractivity (Wildman–Crippen MR) is 73.8 cm³/mol. The summed E-state index contributed by atoms with van der Waals surface area (Å²) in [5, 5.41) is 27.9. The van der Waals surface area contributed by atoms with E-state index < -0.39 is 41.1 Å². The molecule has 0 saturated carbocycles. The van der Waals surface area contributed by atoms with Crippen LogP contribution in [0.25, 0.3) is 11.2 Å². The average molecular weight is 333 g/mol. The van der Waals surface area contributed by atoms with E-state index in [0.717, 1.165) is 16.3 Å². The lowest BCUT2D eigenvalue weighted by Crippen LogP contribution is -2.44. The van der Waals surface area contributed by atoms with Crippen molar-refractivity contribution < 1.29 is 24.1 Å². The molecule has 0 aliphatic carbocycles. The van der Waals surface area contributed by atoms with Crippen molar-refractivity contribution in [1.82, 2.24) is 19.5 Å². The average Bonchev–Trinajstić information content (AvgIpc) is 2.86. The highest BCUT2D eigenvalue weighted by molar-refractivity contribution is 8.00. The third-order valence-corrected chi connectivity index (χ3v) is 5.37. The van der Waals surface area contributed by atoms with Gasteiger partial charge in [0.1, 0.15) is 11.0 Å². The zero-order valence-electron chi connectivity index (χ0n) is 11.3. The number of aromatic nitrogens is 4. The van der Waals surface area contributed by atoms with Crippen LogP contribution in [0.2, 0.25) is 0 Å². The fourth-order valence-corrected chi connectivity index (χ4v) is 4.08. The van der Waals surface area contributed by atoms with E-state index in [0.29, 0.717) is 0 Å². The summed E-state index contributed by atoms with van der Waals surface area (Å²) in [6.45, 7) is 0.870. The van der Waals surface area contributed by atoms with Crippen molar-refractivity contribution in [2.45, 2.75) is 29.3 Å². The first-order valence-corrected chi connectivity index (χ1v) is 7.24. The molecule has 4 atom stereocenters. The van der Waals surface area contributed by atoms with Crippen LogP contribution in [0.3, 0.4) is 0 Å². The monoisotopic (exact) mass is 333 g/mol. The van der Waals surface area contributed by atoms with Crippen LogP contribution in [0.1, 0.15) is 12.3 Å². The SMILES string of the molecule is C[C@@]1(O)[C@H](O)[C@@H](CO)S[C@H]1n1c(F)nc2c(N)nc(F)nc21. The van der Waals surface area contributed by atoms with E-state index in [2.05, 4.69) is 15.0 Å². The fourth-order valence-electron chi connectivity index (χ4n) is 2.51. The van der Waals surface area contributed by atoms with Crippen molar-refractivity contribution >= 4 is 28.7 Å². The molecule has 22 heavy (non-hydrogen) atoms. The topological polar surface area (TPSA) is 130 Å². The molecule has 1 fully saturated rings. The molecule has 0 bridgehead atoms. The van der Waals surface area contributed by atoms with Gasteiger partial charge in [-0.3, -0.25) is 4.57 Å². The third-order valence-electron chi connectivity index (χ3n) is 3.67. The molecule has 1 saturated heterocycles. The Kier molecular flexibility index (Phi) is 3.47. The van der Waals surface area contributed by atoms with E-state index in [1.807, 2.05) is 0 Å². The highest BCUT2D eigenvalue weighted by Gasteiger charge is 2.53. The molecule has 0 aromatic carbocycles. The zero-order valence-corrected chi connectivity index (χ0v) is 12.1. The Labute approximate surface area is 127 Å². The second kappa shape index (κ2) is 4.98. The number of rotatable bonds is 2. The first kappa shape index (κ1) is 15.3. The van der Waals surface area contributed by atoms with Gasteiger partial charge in [-0.15, -0.1) is 11.8 Å². The fraction of sp³-hybridized carbons (Fsp3) is 0.545. The molecular weight excluding hydrogens is 320 g/mol. The second-order valence-electron chi connectivity index (χ2n) is 5.18. The first-order valence-electron chi connectivity index (χ1n) is 6.30. The number of anilines is 1. The molecule has 2 aromatic rings. The molecule has 11 heteroatoms. The number of nitrogen functional groups attached to an aromatic ring is 1. The van der Waals surface area contributed by atoms with Crippen molar-refractivity contribution in [3.05, 3.63) is 12.2 Å². The summed E-state index contributed by atoms with van der Waals surface area (Å²) in [5.74, 6) is -0.331. The number of aliphatic hydroxyl groups is 3. The van der Waals surface area contributed by atoms with Crippen molar-refractivity contribution in [2.24, 2.45) is 0 Å². The summed E-state index contributed by atoms with van der Waals surface area (Å²) in [7, 11) is 0. The van der Waals surface area contributed by atoms with E-state index >= 15 is 0 Å². The maximum Gasteiger partial charge on any atom is 0.312 e. The molecule has 1 aliphatic heterocycles. The minimum absolute atomic E-state index is 0.141. The third kappa shape index (κ3) is 2.04. The summed E-state index contributed by atoms with van der Waals surface area (Å²) >= 11 is 0.933. The minimum Gasteiger partial charge on any atom is -0.395 e. The van der Waals surface area contributed by atoms with Gasteiger partial charge in [0.2, 0.25) is 0 Å². The van der Waals surface area contributed by atoms with E-state index in [1.165, 1.54) is 6.92 Å². The van der Waals surface area contributed by atoms with E-state index in [9.17, 15) is 24.1 Å². The van der Waals surface area contributed by atoms with E-state index in [4.69, 9.17) is 5.73 Å². The Morgan fingerprint density at radius 1 is 1.36 bits per heavy atom. The molecule has 120 valence electrons. The summed E-state index contributed by atoms with van der Waals surface area (Å²) in [6.07, 6.45) is -3.52. The number of nitrogens with two attached hydrogens (primary N) is 1. The van der Waals surface area contributed by atoms with Gasteiger partial charge < -0.3 is 21.1 Å². The van der Waals surface area contributed by atoms with E-state index in [1.54, 1.807) is 0 Å². The Balaban J connectivity index is 2.20. The highest BCUT2D eigenvalue weighted by atomic mass is 32.2. The van der Waals surface area contributed by atoms with Crippen LogP contribution in [0.4, 0.5) is 14.6 Å². The normalized spacial score (nSPS) is 32.0. The largest absolute Gasteiger partial charge is 0.395 e. The van der Waals surface area contributed by atoms with Crippen LogP contribution in [0.15, 0.2) is 0 Å². The number of thioether (sulfide) groups is 1. The van der Waals surface area contributed by atoms with Crippen LogP contribution in [-0.2, 0) is 0 Å². The summed E-state index contributed by atoms with van der Waals surface area (Å²) in [4.78, 5) is 10.3. The lowest BCUT2D eigenvalue weighted by molar-refractivity contribution is -0.0686. The quantitative estimate of drug-likeness (QED) is 0.423.